The number of thioether (sulfide) groups is 1. The Kier molecular flexibility index (Phi) is 6.10. The largest absolute Gasteiger partial charge is 0.228 e. The van der Waals surface area contributed by atoms with E-state index in [1.54, 1.807) is 11.8 Å². The molecule has 0 aliphatic heterocycles. The van der Waals surface area contributed by atoms with Crippen LogP contribution >= 0.6 is 24.4 Å². The molecule has 0 aliphatic rings. The predicted octanol–water partition coefficient (Wildman–Crippen LogP) is 3.29. The fourth-order valence-corrected chi connectivity index (χ4v) is 2.48. The third-order valence-corrected chi connectivity index (χ3v) is 3.25. The molecule has 1 aromatic heterocycles. The Morgan fingerprint density at radius 1 is 1.13 bits per heavy atom. The van der Waals surface area contributed by atoms with Crippen molar-refractivity contribution in [3.8, 4) is 0 Å². The molecule has 2 nitrogen and oxygen atoms in total. The molecule has 0 saturated heterocycles. The molecule has 0 saturated carbocycles. The van der Waals surface area contributed by atoms with Crippen molar-refractivity contribution in [1.29, 1.82) is 0 Å². The first-order valence-corrected chi connectivity index (χ1v) is 6.90. The summed E-state index contributed by atoms with van der Waals surface area (Å²) in [6.45, 7) is 4.03. The summed E-state index contributed by atoms with van der Waals surface area (Å²) in [5.41, 5.74) is 2.11. The number of aryl methyl sites for hydroxylation is 2. The van der Waals surface area contributed by atoms with E-state index in [0.29, 0.717) is 0 Å². The SMILES string of the molecule is Cc1cc(C)nc(SCCCCCS)n1. The first kappa shape index (κ1) is 12.8. The van der Waals surface area contributed by atoms with Crippen LogP contribution in [0.3, 0.4) is 0 Å². The van der Waals surface area contributed by atoms with Gasteiger partial charge >= 0.3 is 0 Å². The highest BCUT2D eigenvalue weighted by atomic mass is 32.2. The Balaban J connectivity index is 2.31. The minimum Gasteiger partial charge on any atom is -0.228 e. The summed E-state index contributed by atoms with van der Waals surface area (Å²) < 4.78 is 0. The van der Waals surface area contributed by atoms with Crippen molar-refractivity contribution in [1.82, 2.24) is 9.97 Å². The third kappa shape index (κ3) is 5.42. The maximum absolute atomic E-state index is 4.39. The van der Waals surface area contributed by atoms with Gasteiger partial charge in [-0.2, -0.15) is 12.6 Å². The van der Waals surface area contributed by atoms with Crippen molar-refractivity contribution in [3.63, 3.8) is 0 Å². The van der Waals surface area contributed by atoms with Gasteiger partial charge in [0.15, 0.2) is 5.16 Å². The van der Waals surface area contributed by atoms with E-state index in [1.807, 2.05) is 19.9 Å². The predicted molar refractivity (Wildman–Crippen MR) is 69.9 cm³/mol. The average molecular weight is 242 g/mol. The molecule has 1 rings (SSSR count). The molecule has 0 radical (unpaired) electrons. The number of thiol groups is 1. The molecule has 0 spiro atoms. The first-order valence-electron chi connectivity index (χ1n) is 5.28. The summed E-state index contributed by atoms with van der Waals surface area (Å²) in [7, 11) is 0. The van der Waals surface area contributed by atoms with Crippen LogP contribution in [-0.4, -0.2) is 21.5 Å². The summed E-state index contributed by atoms with van der Waals surface area (Å²) in [5.74, 6) is 2.10. The van der Waals surface area contributed by atoms with Gasteiger partial charge in [0, 0.05) is 17.1 Å². The van der Waals surface area contributed by atoms with E-state index in [1.165, 1.54) is 19.3 Å². The Hall–Kier alpha value is -0.220. The monoisotopic (exact) mass is 242 g/mol. The van der Waals surface area contributed by atoms with Gasteiger partial charge in [0.1, 0.15) is 0 Å². The number of rotatable bonds is 6. The van der Waals surface area contributed by atoms with E-state index in [-0.39, 0.29) is 0 Å². The summed E-state index contributed by atoms with van der Waals surface area (Å²) >= 11 is 5.94. The van der Waals surface area contributed by atoms with E-state index < -0.39 is 0 Å². The first-order chi connectivity index (χ1) is 7.22. The van der Waals surface area contributed by atoms with Crippen LogP contribution in [0.25, 0.3) is 0 Å². The molecule has 0 aromatic carbocycles. The zero-order valence-corrected chi connectivity index (χ0v) is 11.1. The van der Waals surface area contributed by atoms with Crippen molar-refractivity contribution in [2.45, 2.75) is 38.3 Å². The lowest BCUT2D eigenvalue weighted by molar-refractivity contribution is 0.784. The van der Waals surface area contributed by atoms with E-state index in [2.05, 4.69) is 22.6 Å². The number of hydrogen-bond donors (Lipinski definition) is 1. The molecule has 84 valence electrons. The maximum Gasteiger partial charge on any atom is 0.187 e. The second-order valence-corrected chi connectivity index (χ2v) is 5.08. The lowest BCUT2D eigenvalue weighted by atomic mass is 10.3. The smallest absolute Gasteiger partial charge is 0.187 e. The van der Waals surface area contributed by atoms with E-state index >= 15 is 0 Å². The summed E-state index contributed by atoms with van der Waals surface area (Å²) in [4.78, 5) is 8.78. The Labute approximate surface area is 102 Å². The number of hydrogen-bond acceptors (Lipinski definition) is 4. The Bertz CT molecular complexity index is 282. The summed E-state index contributed by atoms with van der Waals surface area (Å²) in [5, 5.41) is 0.915. The van der Waals surface area contributed by atoms with Crippen LogP contribution in [0.1, 0.15) is 30.7 Å². The van der Waals surface area contributed by atoms with Gasteiger partial charge in [-0.15, -0.1) is 0 Å². The summed E-state index contributed by atoms with van der Waals surface area (Å²) in [6, 6.07) is 2.00. The third-order valence-electron chi connectivity index (χ3n) is 2.00. The Morgan fingerprint density at radius 3 is 2.40 bits per heavy atom. The second kappa shape index (κ2) is 7.12. The molecule has 0 unspecified atom stereocenters. The Morgan fingerprint density at radius 2 is 1.80 bits per heavy atom. The van der Waals surface area contributed by atoms with Gasteiger partial charge in [0.05, 0.1) is 0 Å². The highest BCUT2D eigenvalue weighted by molar-refractivity contribution is 7.99. The number of nitrogens with zero attached hydrogens (tertiary/aromatic N) is 2. The number of unbranched alkanes of at least 4 members (excludes halogenated alkanes) is 2. The van der Waals surface area contributed by atoms with Crippen LogP contribution in [0, 0.1) is 13.8 Å². The van der Waals surface area contributed by atoms with Crippen LogP contribution in [0.2, 0.25) is 0 Å². The fraction of sp³-hybridized carbons (Fsp3) is 0.636. The molecular weight excluding hydrogens is 224 g/mol. The molecule has 0 amide bonds. The molecule has 1 heterocycles. The zero-order chi connectivity index (χ0) is 11.1. The molecule has 0 fully saturated rings. The molecular formula is C11H18N2S2. The van der Waals surface area contributed by atoms with Crippen molar-refractivity contribution in [3.05, 3.63) is 17.5 Å². The van der Waals surface area contributed by atoms with Crippen molar-refractivity contribution < 1.29 is 0 Å². The van der Waals surface area contributed by atoms with Crippen LogP contribution in [-0.2, 0) is 0 Å². The molecule has 0 atom stereocenters. The van der Waals surface area contributed by atoms with Gasteiger partial charge in [0.25, 0.3) is 0 Å². The zero-order valence-electron chi connectivity index (χ0n) is 9.36. The maximum atomic E-state index is 4.39. The summed E-state index contributed by atoms with van der Waals surface area (Å²) in [6.07, 6.45) is 3.68. The molecule has 0 N–H and O–H groups in total. The van der Waals surface area contributed by atoms with Gasteiger partial charge in [-0.1, -0.05) is 18.2 Å². The molecule has 0 aliphatic carbocycles. The number of aromatic nitrogens is 2. The lowest BCUT2D eigenvalue weighted by Gasteiger charge is -2.02. The van der Waals surface area contributed by atoms with Gasteiger partial charge < -0.3 is 0 Å². The minimum atomic E-state index is 0.915. The van der Waals surface area contributed by atoms with Crippen molar-refractivity contribution in [2.24, 2.45) is 0 Å². The normalized spacial score (nSPS) is 10.6. The van der Waals surface area contributed by atoms with Gasteiger partial charge in [-0.25, -0.2) is 9.97 Å². The van der Waals surface area contributed by atoms with E-state index in [0.717, 1.165) is 28.0 Å². The van der Waals surface area contributed by atoms with Gasteiger partial charge in [0.2, 0.25) is 0 Å². The fourth-order valence-electron chi connectivity index (χ4n) is 1.31. The highest BCUT2D eigenvalue weighted by Crippen LogP contribution is 2.16. The quantitative estimate of drug-likeness (QED) is 0.359. The molecule has 1 aromatic rings. The van der Waals surface area contributed by atoms with E-state index in [4.69, 9.17) is 0 Å². The van der Waals surface area contributed by atoms with Crippen LogP contribution < -0.4 is 0 Å². The van der Waals surface area contributed by atoms with Crippen molar-refractivity contribution >= 4 is 24.4 Å². The van der Waals surface area contributed by atoms with Crippen molar-refractivity contribution in [2.75, 3.05) is 11.5 Å². The lowest BCUT2D eigenvalue weighted by Crippen LogP contribution is -1.93. The second-order valence-electron chi connectivity index (χ2n) is 3.57. The van der Waals surface area contributed by atoms with Crippen LogP contribution in [0.4, 0.5) is 0 Å². The topological polar surface area (TPSA) is 25.8 Å². The van der Waals surface area contributed by atoms with Crippen LogP contribution in [0.5, 0.6) is 0 Å². The van der Waals surface area contributed by atoms with Gasteiger partial charge in [-0.3, -0.25) is 0 Å². The average Bonchev–Trinajstić information content (AvgIpc) is 2.16. The minimum absolute atomic E-state index is 0.915. The van der Waals surface area contributed by atoms with E-state index in [9.17, 15) is 0 Å². The van der Waals surface area contributed by atoms with Crippen LogP contribution in [0.15, 0.2) is 11.2 Å². The van der Waals surface area contributed by atoms with Gasteiger partial charge in [-0.05, 0) is 38.5 Å². The molecule has 4 heteroatoms. The molecule has 15 heavy (non-hydrogen) atoms. The standard InChI is InChI=1S/C11H18N2S2/c1-9-8-10(2)13-11(12-9)15-7-5-3-4-6-14/h8,14H,3-7H2,1-2H3. The molecule has 0 bridgehead atoms. The highest BCUT2D eigenvalue weighted by Gasteiger charge is 1.99.